The van der Waals surface area contributed by atoms with Crippen molar-refractivity contribution in [3.05, 3.63) is 35.4 Å². The summed E-state index contributed by atoms with van der Waals surface area (Å²) in [6.45, 7) is 12.3. The molecule has 3 fully saturated rings. The topological polar surface area (TPSA) is 59.1 Å². The summed E-state index contributed by atoms with van der Waals surface area (Å²) in [7, 11) is 0. The lowest BCUT2D eigenvalue weighted by Crippen LogP contribution is -2.49. The second-order valence-corrected chi connectivity index (χ2v) is 9.46. The number of likely N-dealkylation sites (tertiary alicyclic amines) is 2. The zero-order chi connectivity index (χ0) is 22.3. The Labute approximate surface area is 192 Å². The molecule has 7 heteroatoms. The normalized spacial score (nSPS) is 22.8. The number of urea groups is 1. The van der Waals surface area contributed by atoms with E-state index in [2.05, 4.69) is 46.3 Å². The van der Waals surface area contributed by atoms with Crippen molar-refractivity contribution in [3.63, 3.8) is 0 Å². The van der Waals surface area contributed by atoms with Crippen LogP contribution in [0.3, 0.4) is 0 Å². The van der Waals surface area contributed by atoms with Crippen molar-refractivity contribution in [2.24, 2.45) is 5.92 Å². The minimum Gasteiger partial charge on any atom is -0.352 e. The van der Waals surface area contributed by atoms with Gasteiger partial charge in [-0.1, -0.05) is 31.2 Å². The number of hydrogen-bond donors (Lipinski definition) is 1. The van der Waals surface area contributed by atoms with Crippen LogP contribution < -0.4 is 5.32 Å². The molecule has 0 aromatic heterocycles. The van der Waals surface area contributed by atoms with Crippen molar-refractivity contribution in [1.29, 1.82) is 0 Å². The number of carbonyl (C=O) groups is 2. The first-order chi connectivity index (χ1) is 15.6. The zero-order valence-corrected chi connectivity index (χ0v) is 19.6. The maximum Gasteiger partial charge on any atom is 0.320 e. The molecule has 0 aliphatic carbocycles. The van der Waals surface area contributed by atoms with Crippen LogP contribution in [0.25, 0.3) is 0 Å². The van der Waals surface area contributed by atoms with E-state index in [-0.39, 0.29) is 17.9 Å². The second kappa shape index (κ2) is 11.1. The Hall–Kier alpha value is -2.12. The molecule has 0 saturated carbocycles. The third kappa shape index (κ3) is 5.81. The van der Waals surface area contributed by atoms with Gasteiger partial charge in [0, 0.05) is 65.4 Å². The van der Waals surface area contributed by atoms with Crippen molar-refractivity contribution >= 4 is 11.9 Å². The van der Waals surface area contributed by atoms with Crippen molar-refractivity contribution in [2.45, 2.75) is 45.7 Å². The van der Waals surface area contributed by atoms with Crippen molar-refractivity contribution < 1.29 is 9.59 Å². The molecule has 176 valence electrons. The van der Waals surface area contributed by atoms with E-state index in [1.54, 1.807) is 0 Å². The van der Waals surface area contributed by atoms with E-state index in [1.807, 2.05) is 9.80 Å². The predicted molar refractivity (Wildman–Crippen MR) is 126 cm³/mol. The quantitative estimate of drug-likeness (QED) is 0.736. The Morgan fingerprint density at radius 1 is 0.875 bits per heavy atom. The number of amides is 3. The number of rotatable bonds is 6. The number of nitrogens with zero attached hydrogens (tertiary/aromatic N) is 4. The number of piperazine rings is 1. The molecule has 1 N–H and O–H groups in total. The van der Waals surface area contributed by atoms with Gasteiger partial charge >= 0.3 is 6.03 Å². The van der Waals surface area contributed by atoms with Crippen molar-refractivity contribution in [2.75, 3.05) is 58.9 Å². The van der Waals surface area contributed by atoms with Gasteiger partial charge in [0.05, 0.1) is 5.92 Å². The molecular weight excluding hydrogens is 402 g/mol. The molecule has 3 aliphatic rings. The van der Waals surface area contributed by atoms with Crippen LogP contribution in [0.2, 0.25) is 0 Å². The van der Waals surface area contributed by atoms with E-state index >= 15 is 0 Å². The van der Waals surface area contributed by atoms with Gasteiger partial charge in [-0.3, -0.25) is 9.69 Å². The van der Waals surface area contributed by atoms with E-state index in [0.29, 0.717) is 13.1 Å². The summed E-state index contributed by atoms with van der Waals surface area (Å²) in [6.07, 6.45) is 3.95. The highest BCUT2D eigenvalue weighted by Crippen LogP contribution is 2.20. The van der Waals surface area contributed by atoms with Crippen LogP contribution in [0, 0.1) is 5.92 Å². The van der Waals surface area contributed by atoms with Crippen molar-refractivity contribution in [3.8, 4) is 0 Å². The highest BCUT2D eigenvalue weighted by Gasteiger charge is 2.31. The molecule has 3 saturated heterocycles. The molecule has 3 heterocycles. The Balaban J connectivity index is 1.28. The third-order valence-corrected chi connectivity index (χ3v) is 7.32. The van der Waals surface area contributed by atoms with Gasteiger partial charge in [0.2, 0.25) is 5.91 Å². The standard InChI is InChI=1S/C25H39N5O2/c1-2-27-14-16-28(17-15-27)19-22-9-4-3-8-21(22)18-26-24(31)23-10-7-13-30(20-23)25(32)29-11-5-6-12-29/h3-4,8-9,23H,2,5-7,10-20H2,1H3,(H,26,31)/t23-/m0/s1. The molecule has 1 aromatic carbocycles. The smallest absolute Gasteiger partial charge is 0.320 e. The first-order valence-electron chi connectivity index (χ1n) is 12.5. The number of carbonyl (C=O) groups excluding carboxylic acids is 2. The van der Waals surface area contributed by atoms with Gasteiger partial charge in [0.1, 0.15) is 0 Å². The van der Waals surface area contributed by atoms with Crippen LogP contribution >= 0.6 is 0 Å². The molecule has 32 heavy (non-hydrogen) atoms. The summed E-state index contributed by atoms with van der Waals surface area (Å²) in [4.78, 5) is 34.5. The summed E-state index contributed by atoms with van der Waals surface area (Å²) in [5, 5.41) is 3.17. The summed E-state index contributed by atoms with van der Waals surface area (Å²) in [5.41, 5.74) is 2.49. The lowest BCUT2D eigenvalue weighted by Gasteiger charge is -2.35. The summed E-state index contributed by atoms with van der Waals surface area (Å²) in [6, 6.07) is 8.57. The maximum absolute atomic E-state index is 13.0. The molecule has 1 aromatic rings. The summed E-state index contributed by atoms with van der Waals surface area (Å²) in [5.74, 6) is -0.0279. The maximum atomic E-state index is 13.0. The summed E-state index contributed by atoms with van der Waals surface area (Å²) < 4.78 is 0. The lowest BCUT2D eigenvalue weighted by atomic mass is 9.97. The van der Waals surface area contributed by atoms with Gasteiger partial charge in [-0.15, -0.1) is 0 Å². The number of nitrogens with one attached hydrogen (secondary N) is 1. The van der Waals surface area contributed by atoms with Crippen LogP contribution in [-0.2, 0) is 17.9 Å². The van der Waals surface area contributed by atoms with Gasteiger partial charge in [0.15, 0.2) is 0 Å². The van der Waals surface area contributed by atoms with Gasteiger partial charge in [0.25, 0.3) is 0 Å². The molecular formula is C25H39N5O2. The van der Waals surface area contributed by atoms with Crippen LogP contribution in [0.1, 0.15) is 43.7 Å². The van der Waals surface area contributed by atoms with Gasteiger partial charge in [-0.25, -0.2) is 4.79 Å². The number of benzene rings is 1. The second-order valence-electron chi connectivity index (χ2n) is 9.46. The molecule has 3 amide bonds. The lowest BCUT2D eigenvalue weighted by molar-refractivity contribution is -0.126. The van der Waals surface area contributed by atoms with Gasteiger partial charge in [-0.2, -0.15) is 0 Å². The monoisotopic (exact) mass is 441 g/mol. The molecule has 0 spiro atoms. The first-order valence-corrected chi connectivity index (χ1v) is 12.5. The molecule has 7 nitrogen and oxygen atoms in total. The van der Waals surface area contributed by atoms with Gasteiger partial charge < -0.3 is 20.0 Å². The minimum atomic E-state index is -0.107. The first kappa shape index (κ1) is 23.1. The highest BCUT2D eigenvalue weighted by molar-refractivity contribution is 5.81. The fraction of sp³-hybridized carbons (Fsp3) is 0.680. The van der Waals surface area contributed by atoms with E-state index < -0.39 is 0 Å². The Morgan fingerprint density at radius 3 is 2.25 bits per heavy atom. The van der Waals surface area contributed by atoms with Crippen molar-refractivity contribution in [1.82, 2.24) is 24.9 Å². The molecule has 4 rings (SSSR count). The molecule has 0 radical (unpaired) electrons. The SMILES string of the molecule is CCN1CCN(Cc2ccccc2CNC(=O)[C@H]2CCCN(C(=O)N3CCCC3)C2)CC1. The van der Waals surface area contributed by atoms with Crippen LogP contribution in [-0.4, -0.2) is 90.4 Å². The van der Waals surface area contributed by atoms with Crippen LogP contribution in [0.4, 0.5) is 4.79 Å². The number of hydrogen-bond acceptors (Lipinski definition) is 4. The Kier molecular flexibility index (Phi) is 8.03. The highest BCUT2D eigenvalue weighted by atomic mass is 16.2. The largest absolute Gasteiger partial charge is 0.352 e. The van der Waals surface area contributed by atoms with E-state index in [4.69, 9.17) is 0 Å². The van der Waals surface area contributed by atoms with E-state index in [9.17, 15) is 9.59 Å². The van der Waals surface area contributed by atoms with E-state index in [1.165, 1.54) is 11.1 Å². The minimum absolute atomic E-state index is 0.0790. The zero-order valence-electron chi connectivity index (χ0n) is 19.6. The molecule has 0 bridgehead atoms. The van der Waals surface area contributed by atoms with Crippen LogP contribution in [0.5, 0.6) is 0 Å². The van der Waals surface area contributed by atoms with Crippen LogP contribution in [0.15, 0.2) is 24.3 Å². The Morgan fingerprint density at radius 2 is 1.53 bits per heavy atom. The number of likely N-dealkylation sites (N-methyl/N-ethyl adjacent to an activating group) is 1. The molecule has 0 unspecified atom stereocenters. The average molecular weight is 442 g/mol. The Bertz CT molecular complexity index is 771. The fourth-order valence-corrected chi connectivity index (χ4v) is 5.19. The van der Waals surface area contributed by atoms with E-state index in [0.717, 1.165) is 84.6 Å². The summed E-state index contributed by atoms with van der Waals surface area (Å²) >= 11 is 0. The third-order valence-electron chi connectivity index (χ3n) is 7.32. The number of piperidine rings is 1. The predicted octanol–water partition coefficient (Wildman–Crippen LogP) is 2.37. The molecule has 1 atom stereocenters. The average Bonchev–Trinajstić information content (AvgIpc) is 3.38. The van der Waals surface area contributed by atoms with Gasteiger partial charge in [-0.05, 0) is 43.4 Å². The molecule has 3 aliphatic heterocycles. The fourth-order valence-electron chi connectivity index (χ4n) is 5.19.